The molecule has 0 amide bonds. The largest absolute Gasteiger partial charge is 0.376 e. The van der Waals surface area contributed by atoms with Crippen molar-refractivity contribution in [2.24, 2.45) is 0 Å². The molecule has 1 atom stereocenters. The van der Waals surface area contributed by atoms with Crippen molar-refractivity contribution in [1.29, 1.82) is 0 Å². The van der Waals surface area contributed by atoms with E-state index in [0.29, 0.717) is 10.0 Å². The van der Waals surface area contributed by atoms with Crippen molar-refractivity contribution < 1.29 is 9.13 Å². The van der Waals surface area contributed by atoms with Crippen LogP contribution in [0.25, 0.3) is 0 Å². The Morgan fingerprint density at radius 3 is 2.68 bits per heavy atom. The molecule has 0 bridgehead atoms. The zero-order valence-corrected chi connectivity index (χ0v) is 13.4. The minimum atomic E-state index is -0.370. The molecule has 0 saturated heterocycles. The molecule has 0 radical (unpaired) electrons. The summed E-state index contributed by atoms with van der Waals surface area (Å²) in [7, 11) is 1.70. The summed E-state index contributed by atoms with van der Waals surface area (Å²) in [4.78, 5) is 0. The maximum absolute atomic E-state index is 14.4. The van der Waals surface area contributed by atoms with Gasteiger partial charge in [-0.25, -0.2) is 4.39 Å². The average molecular weight is 351 g/mol. The average Bonchev–Trinajstić information content (AvgIpc) is 2.35. The van der Waals surface area contributed by atoms with E-state index in [-0.39, 0.29) is 22.5 Å². The Morgan fingerprint density at radius 2 is 2.21 bits per heavy atom. The normalized spacial score (nSPS) is 19.0. The van der Waals surface area contributed by atoms with Crippen LogP contribution in [0.5, 0.6) is 0 Å². The highest BCUT2D eigenvalue weighted by Crippen LogP contribution is 2.46. The molecule has 1 saturated carbocycles. The molecular formula is C14H18BrClFNO. The lowest BCUT2D eigenvalue weighted by atomic mass is 9.72. The van der Waals surface area contributed by atoms with Gasteiger partial charge in [0.25, 0.3) is 0 Å². The zero-order valence-electron chi connectivity index (χ0n) is 11.1. The fourth-order valence-corrected chi connectivity index (χ4v) is 3.16. The van der Waals surface area contributed by atoms with Gasteiger partial charge in [-0.05, 0) is 47.8 Å². The highest BCUT2D eigenvalue weighted by Gasteiger charge is 2.46. The molecule has 2 rings (SSSR count). The number of benzene rings is 1. The van der Waals surface area contributed by atoms with Gasteiger partial charge >= 0.3 is 0 Å². The van der Waals surface area contributed by atoms with Crippen LogP contribution < -0.4 is 5.32 Å². The summed E-state index contributed by atoms with van der Waals surface area (Å²) in [6, 6.07) is 3.40. The topological polar surface area (TPSA) is 21.3 Å². The second-order valence-electron chi connectivity index (χ2n) is 4.88. The molecule has 19 heavy (non-hydrogen) atoms. The van der Waals surface area contributed by atoms with Crippen LogP contribution in [-0.2, 0) is 4.74 Å². The van der Waals surface area contributed by atoms with E-state index >= 15 is 0 Å². The quantitative estimate of drug-likeness (QED) is 0.792. The number of ether oxygens (including phenoxy) is 1. The molecule has 0 heterocycles. The minimum absolute atomic E-state index is 0.131. The number of hydrogen-bond acceptors (Lipinski definition) is 2. The monoisotopic (exact) mass is 349 g/mol. The van der Waals surface area contributed by atoms with E-state index in [4.69, 9.17) is 16.3 Å². The third-order valence-corrected chi connectivity index (χ3v) is 5.18. The molecule has 1 aromatic carbocycles. The van der Waals surface area contributed by atoms with Gasteiger partial charge in [0.05, 0.1) is 16.7 Å². The van der Waals surface area contributed by atoms with Crippen LogP contribution in [0.4, 0.5) is 4.39 Å². The summed E-state index contributed by atoms with van der Waals surface area (Å²) in [6.07, 6.45) is 2.99. The molecule has 1 aliphatic rings. The Kier molecular flexibility index (Phi) is 4.88. The number of nitrogens with one attached hydrogen (secondary N) is 1. The Hall–Kier alpha value is -0.160. The smallest absolute Gasteiger partial charge is 0.147 e. The summed E-state index contributed by atoms with van der Waals surface area (Å²) in [5.41, 5.74) is 0.269. The van der Waals surface area contributed by atoms with Crippen molar-refractivity contribution in [3.8, 4) is 0 Å². The molecule has 1 fully saturated rings. The Balaban J connectivity index is 2.42. The van der Waals surface area contributed by atoms with Crippen molar-refractivity contribution in [2.75, 3.05) is 13.7 Å². The lowest BCUT2D eigenvalue weighted by Gasteiger charge is -2.47. The first-order valence-corrected chi connectivity index (χ1v) is 7.64. The molecule has 106 valence electrons. The van der Waals surface area contributed by atoms with E-state index in [1.807, 2.05) is 6.92 Å². The summed E-state index contributed by atoms with van der Waals surface area (Å²) < 4.78 is 20.7. The number of halogens is 3. The Bertz CT molecular complexity index is 459. The third-order valence-electron chi connectivity index (χ3n) is 3.92. The van der Waals surface area contributed by atoms with Gasteiger partial charge < -0.3 is 10.1 Å². The van der Waals surface area contributed by atoms with Gasteiger partial charge in [-0.15, -0.1) is 0 Å². The van der Waals surface area contributed by atoms with Crippen molar-refractivity contribution >= 4 is 27.5 Å². The van der Waals surface area contributed by atoms with Crippen LogP contribution in [-0.4, -0.2) is 19.3 Å². The van der Waals surface area contributed by atoms with Crippen molar-refractivity contribution in [1.82, 2.24) is 5.32 Å². The van der Waals surface area contributed by atoms with E-state index in [1.54, 1.807) is 19.2 Å². The summed E-state index contributed by atoms with van der Waals surface area (Å²) >= 11 is 9.23. The zero-order chi connectivity index (χ0) is 14.0. The van der Waals surface area contributed by atoms with Crippen molar-refractivity contribution in [3.05, 3.63) is 33.0 Å². The number of methoxy groups -OCH3 is 1. The Morgan fingerprint density at radius 1 is 1.53 bits per heavy atom. The molecule has 2 nitrogen and oxygen atoms in total. The van der Waals surface area contributed by atoms with Crippen LogP contribution >= 0.6 is 27.5 Å². The van der Waals surface area contributed by atoms with Gasteiger partial charge in [0.15, 0.2) is 0 Å². The van der Waals surface area contributed by atoms with E-state index < -0.39 is 0 Å². The van der Waals surface area contributed by atoms with Gasteiger partial charge in [-0.1, -0.05) is 24.6 Å². The fraction of sp³-hybridized carbons (Fsp3) is 0.571. The third kappa shape index (κ3) is 2.68. The minimum Gasteiger partial charge on any atom is -0.376 e. The van der Waals surface area contributed by atoms with E-state index in [1.165, 1.54) is 0 Å². The standard InChI is InChI=1S/C14H18BrClFNO/c1-3-18-13(14(19-2)7-4-8-14)9-5-6-10(15)11(16)12(9)17/h5-6,13,18H,3-4,7-8H2,1-2H3. The number of rotatable bonds is 5. The predicted molar refractivity (Wildman–Crippen MR) is 79.1 cm³/mol. The highest BCUT2D eigenvalue weighted by molar-refractivity contribution is 9.10. The van der Waals surface area contributed by atoms with Gasteiger partial charge in [-0.3, -0.25) is 0 Å². The first-order valence-electron chi connectivity index (χ1n) is 6.47. The SMILES string of the molecule is CCNC(c1ccc(Br)c(Cl)c1F)C1(OC)CCC1. The van der Waals surface area contributed by atoms with Gasteiger partial charge in [0.2, 0.25) is 0 Å². The lowest BCUT2D eigenvalue weighted by Crippen LogP contribution is -2.50. The maximum Gasteiger partial charge on any atom is 0.147 e. The van der Waals surface area contributed by atoms with Crippen LogP contribution in [0.1, 0.15) is 37.8 Å². The Labute approximate surface area is 126 Å². The molecular weight excluding hydrogens is 333 g/mol. The van der Waals surface area contributed by atoms with Crippen molar-refractivity contribution in [2.45, 2.75) is 37.8 Å². The van der Waals surface area contributed by atoms with Crippen LogP contribution in [0.2, 0.25) is 5.02 Å². The molecule has 1 aliphatic carbocycles. The predicted octanol–water partition coefficient (Wildman–Crippen LogP) is 4.46. The number of hydrogen-bond donors (Lipinski definition) is 1. The van der Waals surface area contributed by atoms with Crippen molar-refractivity contribution in [3.63, 3.8) is 0 Å². The number of likely N-dealkylation sites (N-methyl/N-ethyl adjacent to an activating group) is 1. The summed E-state index contributed by atoms with van der Waals surface area (Å²) in [5.74, 6) is -0.370. The summed E-state index contributed by atoms with van der Waals surface area (Å²) in [6.45, 7) is 2.76. The van der Waals surface area contributed by atoms with Crippen LogP contribution in [0, 0.1) is 5.82 Å². The first-order chi connectivity index (χ1) is 9.05. The highest BCUT2D eigenvalue weighted by atomic mass is 79.9. The molecule has 0 spiro atoms. The van der Waals surface area contributed by atoms with E-state index in [0.717, 1.165) is 25.8 Å². The summed E-state index contributed by atoms with van der Waals surface area (Å²) in [5, 5.41) is 3.47. The van der Waals surface area contributed by atoms with Crippen LogP contribution in [0.3, 0.4) is 0 Å². The van der Waals surface area contributed by atoms with Gasteiger partial charge in [0.1, 0.15) is 5.82 Å². The van der Waals surface area contributed by atoms with Crippen LogP contribution in [0.15, 0.2) is 16.6 Å². The molecule has 0 aromatic heterocycles. The maximum atomic E-state index is 14.4. The van der Waals surface area contributed by atoms with Gasteiger partial charge in [0, 0.05) is 17.1 Å². The molecule has 1 unspecified atom stereocenters. The van der Waals surface area contributed by atoms with E-state index in [2.05, 4.69) is 21.2 Å². The molecule has 1 aromatic rings. The van der Waals surface area contributed by atoms with E-state index in [9.17, 15) is 4.39 Å². The first kappa shape index (κ1) is 15.2. The fourth-order valence-electron chi connectivity index (χ4n) is 2.68. The molecule has 5 heteroatoms. The second kappa shape index (κ2) is 6.08. The molecule has 1 N–H and O–H groups in total. The molecule has 0 aliphatic heterocycles. The lowest BCUT2D eigenvalue weighted by molar-refractivity contribution is -0.100. The van der Waals surface area contributed by atoms with Gasteiger partial charge in [-0.2, -0.15) is 0 Å². The second-order valence-corrected chi connectivity index (χ2v) is 6.11.